The number of nitrogens with zero attached hydrogens (tertiary/aromatic N) is 3. The first-order valence-electron chi connectivity index (χ1n) is 14.6. The average Bonchev–Trinajstić information content (AvgIpc) is 2.96. The van der Waals surface area contributed by atoms with Crippen LogP contribution in [0.1, 0.15) is 50.8 Å². The summed E-state index contributed by atoms with van der Waals surface area (Å²) in [5, 5.41) is 1.11. The van der Waals surface area contributed by atoms with Crippen LogP contribution in [0.15, 0.2) is 47.4 Å². The van der Waals surface area contributed by atoms with Crippen LogP contribution in [-0.4, -0.2) is 73.9 Å². The van der Waals surface area contributed by atoms with Crippen molar-refractivity contribution in [3.8, 4) is 5.75 Å². The number of aromatic nitrogens is 1. The number of fused-ring (bicyclic) bond motifs is 1. The van der Waals surface area contributed by atoms with Crippen molar-refractivity contribution in [1.82, 2.24) is 19.5 Å². The zero-order chi connectivity index (χ0) is 31.2. The van der Waals surface area contributed by atoms with Crippen molar-refractivity contribution in [2.45, 2.75) is 63.5 Å². The molecule has 0 spiro atoms. The van der Waals surface area contributed by atoms with Crippen LogP contribution in [0, 0.1) is 6.92 Å². The van der Waals surface area contributed by atoms with Crippen LogP contribution >= 0.6 is 23.2 Å². The van der Waals surface area contributed by atoms with E-state index in [-0.39, 0.29) is 27.5 Å². The molecule has 234 valence electrons. The van der Waals surface area contributed by atoms with Crippen LogP contribution in [0.4, 0.5) is 0 Å². The molecule has 1 saturated heterocycles. The van der Waals surface area contributed by atoms with E-state index in [1.54, 1.807) is 24.8 Å². The van der Waals surface area contributed by atoms with Crippen LogP contribution in [0.25, 0.3) is 10.9 Å². The molecule has 43 heavy (non-hydrogen) atoms. The van der Waals surface area contributed by atoms with Gasteiger partial charge in [-0.1, -0.05) is 54.2 Å². The molecule has 1 aliphatic rings. The molecule has 12 heteroatoms. The van der Waals surface area contributed by atoms with Gasteiger partial charge in [-0.15, -0.1) is 0 Å². The lowest BCUT2D eigenvalue weighted by Crippen LogP contribution is -2.59. The number of nitrogens with one attached hydrogen (secondary N) is 1. The van der Waals surface area contributed by atoms with E-state index in [0.29, 0.717) is 29.9 Å². The number of carbonyl (C=O) groups excluding carboxylic acids is 1. The van der Waals surface area contributed by atoms with Gasteiger partial charge in [0.15, 0.2) is 0 Å². The second kappa shape index (κ2) is 14.5. The smallest absolute Gasteiger partial charge is 0.243 e. The van der Waals surface area contributed by atoms with E-state index in [4.69, 9.17) is 33.7 Å². The number of ether oxygens (including phenoxy) is 1. The summed E-state index contributed by atoms with van der Waals surface area (Å²) in [6.07, 6.45) is 4.43. The van der Waals surface area contributed by atoms with Gasteiger partial charge in [-0.2, -0.15) is 4.72 Å². The fourth-order valence-electron chi connectivity index (χ4n) is 5.24. The highest BCUT2D eigenvalue weighted by atomic mass is 35.5. The lowest BCUT2D eigenvalue weighted by Gasteiger charge is -2.38. The normalized spacial score (nSPS) is 14.8. The molecule has 9 nitrogen and oxygen atoms in total. The standard InChI is InChI=1S/C31H41Cl2N5O4S/c1-22-11-12-23-9-8-10-26(29(23)35-22)42-21-24-25(32)13-14-27(28(24)33)43(40,41)36-31(2,3)30(39)38-19-17-37(18-20-38)16-7-5-4-6-15-34/h8-14,36H,4-7,15-21,34H2,1-3H3. The number of rotatable bonds is 13. The highest BCUT2D eigenvalue weighted by Crippen LogP contribution is 2.34. The molecule has 0 atom stereocenters. The molecule has 0 aliphatic carbocycles. The Balaban J connectivity index is 1.42. The number of sulfonamides is 1. The quantitative estimate of drug-likeness (QED) is 0.246. The van der Waals surface area contributed by atoms with Crippen LogP contribution in [0.3, 0.4) is 0 Å². The highest BCUT2D eigenvalue weighted by molar-refractivity contribution is 7.89. The van der Waals surface area contributed by atoms with E-state index in [1.807, 2.05) is 31.2 Å². The van der Waals surface area contributed by atoms with Crippen molar-refractivity contribution < 1.29 is 17.9 Å². The SMILES string of the molecule is Cc1ccc2cccc(OCc3c(Cl)ccc(S(=O)(=O)NC(C)(C)C(=O)N4CCN(CCCCCCN)CC4)c3Cl)c2n1. The number of amides is 1. The summed E-state index contributed by atoms with van der Waals surface area (Å²) in [4.78, 5) is 21.9. The second-order valence-electron chi connectivity index (χ2n) is 11.5. The van der Waals surface area contributed by atoms with Crippen LogP contribution < -0.4 is 15.2 Å². The lowest BCUT2D eigenvalue weighted by atomic mass is 10.0. The monoisotopic (exact) mass is 649 g/mol. The van der Waals surface area contributed by atoms with E-state index in [9.17, 15) is 13.2 Å². The molecule has 4 rings (SSSR count). The minimum Gasteiger partial charge on any atom is -0.487 e. The van der Waals surface area contributed by atoms with Crippen LogP contribution in [-0.2, 0) is 21.4 Å². The second-order valence-corrected chi connectivity index (χ2v) is 13.9. The van der Waals surface area contributed by atoms with Crippen molar-refractivity contribution in [1.29, 1.82) is 0 Å². The summed E-state index contributed by atoms with van der Waals surface area (Å²) in [5.41, 5.74) is 6.01. The molecule has 0 unspecified atom stereocenters. The van der Waals surface area contributed by atoms with Gasteiger partial charge in [-0.05, 0) is 71.0 Å². The Labute approximate surface area is 264 Å². The summed E-state index contributed by atoms with van der Waals surface area (Å²) >= 11 is 13.1. The number of halogens is 2. The zero-order valence-corrected chi connectivity index (χ0v) is 27.4. The van der Waals surface area contributed by atoms with Crippen LogP contribution in [0.5, 0.6) is 5.75 Å². The molecular weight excluding hydrogens is 609 g/mol. The molecule has 1 aromatic heterocycles. The largest absolute Gasteiger partial charge is 0.487 e. The van der Waals surface area contributed by atoms with Gasteiger partial charge in [-0.25, -0.2) is 13.4 Å². The summed E-state index contributed by atoms with van der Waals surface area (Å²) in [5.74, 6) is 0.240. The fraction of sp³-hybridized carbons (Fsp3) is 0.484. The van der Waals surface area contributed by atoms with Gasteiger partial charge in [0.2, 0.25) is 15.9 Å². The average molecular weight is 651 g/mol. The molecule has 0 radical (unpaired) electrons. The van der Waals surface area contributed by atoms with Gasteiger partial charge in [-0.3, -0.25) is 9.69 Å². The Kier molecular flexibility index (Phi) is 11.3. The summed E-state index contributed by atoms with van der Waals surface area (Å²) < 4.78 is 35.8. The third-order valence-corrected chi connectivity index (χ3v) is 10.2. The van der Waals surface area contributed by atoms with Crippen molar-refractivity contribution in [3.05, 3.63) is 63.8 Å². The highest BCUT2D eigenvalue weighted by Gasteiger charge is 2.38. The Morgan fingerprint density at radius 1 is 1.02 bits per heavy atom. The first-order valence-corrected chi connectivity index (χ1v) is 16.9. The molecule has 3 aromatic rings. The van der Waals surface area contributed by atoms with E-state index < -0.39 is 15.6 Å². The van der Waals surface area contributed by atoms with Gasteiger partial charge in [0.1, 0.15) is 28.3 Å². The first-order chi connectivity index (χ1) is 20.4. The third-order valence-electron chi connectivity index (χ3n) is 7.65. The van der Waals surface area contributed by atoms with Gasteiger partial charge in [0, 0.05) is 47.8 Å². The van der Waals surface area contributed by atoms with Gasteiger partial charge in [0.25, 0.3) is 0 Å². The molecule has 3 N–H and O–H groups in total. The van der Waals surface area contributed by atoms with E-state index in [2.05, 4.69) is 14.6 Å². The molecular formula is C31H41Cl2N5O4S. The minimum absolute atomic E-state index is 0.0623. The topological polar surface area (TPSA) is 118 Å². The van der Waals surface area contributed by atoms with E-state index >= 15 is 0 Å². The number of benzene rings is 2. The number of hydrogen-bond donors (Lipinski definition) is 2. The number of unbranched alkanes of at least 4 members (excludes halogenated alkanes) is 3. The van der Waals surface area contributed by atoms with Crippen LogP contribution in [0.2, 0.25) is 10.0 Å². The van der Waals surface area contributed by atoms with Crippen molar-refractivity contribution in [3.63, 3.8) is 0 Å². The van der Waals surface area contributed by atoms with E-state index in [0.717, 1.165) is 62.9 Å². The predicted octanol–water partition coefficient (Wildman–Crippen LogP) is 5.15. The Bertz CT molecular complexity index is 1540. The maximum absolute atomic E-state index is 13.6. The molecule has 0 saturated carbocycles. The van der Waals surface area contributed by atoms with E-state index in [1.165, 1.54) is 12.1 Å². The predicted molar refractivity (Wildman–Crippen MR) is 172 cm³/mol. The van der Waals surface area contributed by atoms with Gasteiger partial charge < -0.3 is 15.4 Å². The number of hydrogen-bond acceptors (Lipinski definition) is 7. The summed E-state index contributed by atoms with van der Waals surface area (Å²) in [7, 11) is -4.20. The first kappa shape index (κ1) is 33.4. The van der Waals surface area contributed by atoms with Crippen molar-refractivity contribution >= 4 is 50.0 Å². The molecule has 2 aromatic carbocycles. The Morgan fingerprint density at radius 3 is 2.47 bits per heavy atom. The zero-order valence-electron chi connectivity index (χ0n) is 25.0. The van der Waals surface area contributed by atoms with Crippen molar-refractivity contribution in [2.24, 2.45) is 5.73 Å². The maximum Gasteiger partial charge on any atom is 0.243 e. The van der Waals surface area contributed by atoms with Crippen molar-refractivity contribution in [2.75, 3.05) is 39.3 Å². The number of piperazine rings is 1. The fourth-order valence-corrected chi connectivity index (χ4v) is 7.50. The Morgan fingerprint density at radius 2 is 1.74 bits per heavy atom. The maximum atomic E-state index is 13.6. The summed E-state index contributed by atoms with van der Waals surface area (Å²) in [6, 6.07) is 12.3. The molecule has 2 heterocycles. The molecule has 0 bridgehead atoms. The Hall–Kier alpha value is -2.47. The summed E-state index contributed by atoms with van der Waals surface area (Å²) in [6.45, 7) is 9.26. The molecule has 1 aliphatic heterocycles. The van der Waals surface area contributed by atoms with Gasteiger partial charge >= 0.3 is 0 Å². The molecule has 1 amide bonds. The lowest BCUT2D eigenvalue weighted by molar-refractivity contribution is -0.138. The minimum atomic E-state index is -4.20. The number of aryl methyl sites for hydroxylation is 1. The number of carbonyl (C=O) groups is 1. The molecule has 1 fully saturated rings. The number of pyridine rings is 1. The van der Waals surface area contributed by atoms with Gasteiger partial charge in [0.05, 0.1) is 5.02 Å². The number of nitrogens with two attached hydrogens (primary N) is 1. The number of para-hydroxylation sites is 1. The third kappa shape index (κ3) is 8.38.